The van der Waals surface area contributed by atoms with Gasteiger partial charge in [-0.2, -0.15) is 0 Å². The van der Waals surface area contributed by atoms with E-state index in [1.807, 2.05) is 0 Å². The number of hydrogen-bond acceptors (Lipinski definition) is 6. The zero-order valence-corrected chi connectivity index (χ0v) is 47.1. The van der Waals surface area contributed by atoms with Crippen LogP contribution in [-0.4, -0.2) is 37.2 Å². The number of allylic oxidation sites excluding steroid dienone is 22. The molecule has 6 heteroatoms. The van der Waals surface area contributed by atoms with Gasteiger partial charge in [0.2, 0.25) is 0 Å². The second kappa shape index (κ2) is 60.1. The number of ether oxygens (including phenoxy) is 3. The average molecular weight is 1010 g/mol. The summed E-state index contributed by atoms with van der Waals surface area (Å²) in [5, 5.41) is 0. The number of rotatable bonds is 52. The smallest absolute Gasteiger partial charge is 0.306 e. The Kier molecular flexibility index (Phi) is 56.4. The van der Waals surface area contributed by atoms with E-state index < -0.39 is 6.10 Å². The molecule has 0 N–H and O–H groups in total. The Balaban J connectivity index is 4.12. The topological polar surface area (TPSA) is 78.9 Å². The highest BCUT2D eigenvalue weighted by molar-refractivity contribution is 5.71. The lowest BCUT2D eigenvalue weighted by Gasteiger charge is -2.18. The van der Waals surface area contributed by atoms with Gasteiger partial charge in [-0.15, -0.1) is 0 Å². The van der Waals surface area contributed by atoms with E-state index in [-0.39, 0.29) is 31.1 Å². The summed E-state index contributed by atoms with van der Waals surface area (Å²) in [6.45, 7) is 6.39. The molecule has 0 bridgehead atoms. The minimum Gasteiger partial charge on any atom is -0.462 e. The summed E-state index contributed by atoms with van der Waals surface area (Å²) >= 11 is 0. The number of hydrogen-bond donors (Lipinski definition) is 0. The SMILES string of the molecule is CC/C=C\C/C=C\C/C=C\C/C=C\C/C=C\C/C=C\C/C=C\C/C=C\C/C=C\CCCCCCCCCC(=O)OCC(COC(=O)CCCCCCCC)OC(=O)CCCCCCC/C=C\C/C=C\CCCC. The maximum absolute atomic E-state index is 12.8. The third kappa shape index (κ3) is 58.3. The Morgan fingerprint density at radius 2 is 0.548 bits per heavy atom. The van der Waals surface area contributed by atoms with Crippen LogP contribution in [0.4, 0.5) is 0 Å². The van der Waals surface area contributed by atoms with Gasteiger partial charge in [0.1, 0.15) is 13.2 Å². The van der Waals surface area contributed by atoms with Crippen molar-refractivity contribution >= 4 is 17.9 Å². The van der Waals surface area contributed by atoms with Crippen molar-refractivity contribution in [3.05, 3.63) is 134 Å². The molecule has 0 saturated carbocycles. The van der Waals surface area contributed by atoms with Crippen molar-refractivity contribution in [3.63, 3.8) is 0 Å². The van der Waals surface area contributed by atoms with Crippen LogP contribution in [0, 0.1) is 0 Å². The van der Waals surface area contributed by atoms with Crippen molar-refractivity contribution in [3.8, 4) is 0 Å². The highest BCUT2D eigenvalue weighted by atomic mass is 16.6. The van der Waals surface area contributed by atoms with E-state index in [2.05, 4.69) is 154 Å². The first kappa shape index (κ1) is 68.6. The van der Waals surface area contributed by atoms with Gasteiger partial charge < -0.3 is 14.2 Å². The van der Waals surface area contributed by atoms with E-state index in [0.29, 0.717) is 19.3 Å². The van der Waals surface area contributed by atoms with Crippen LogP contribution >= 0.6 is 0 Å². The van der Waals surface area contributed by atoms with Gasteiger partial charge in [-0.25, -0.2) is 0 Å². The minimum atomic E-state index is -0.789. The summed E-state index contributed by atoms with van der Waals surface area (Å²) in [6, 6.07) is 0. The van der Waals surface area contributed by atoms with Crippen LogP contribution < -0.4 is 0 Å². The molecule has 412 valence electrons. The summed E-state index contributed by atoms with van der Waals surface area (Å²) in [5.41, 5.74) is 0. The van der Waals surface area contributed by atoms with Gasteiger partial charge in [-0.3, -0.25) is 14.4 Å². The summed E-state index contributed by atoms with van der Waals surface area (Å²) in [5.74, 6) is -0.930. The first-order chi connectivity index (χ1) is 36.0. The fraction of sp³-hybridized carbons (Fsp3) is 0.627. The molecule has 1 atom stereocenters. The Bertz CT molecular complexity index is 1580. The van der Waals surface area contributed by atoms with Crippen LogP contribution in [0.25, 0.3) is 0 Å². The van der Waals surface area contributed by atoms with Gasteiger partial charge >= 0.3 is 17.9 Å². The molecule has 0 aliphatic heterocycles. The third-order valence-corrected chi connectivity index (χ3v) is 12.1. The number of unbranched alkanes of at least 4 members (excludes halogenated alkanes) is 19. The molecule has 0 amide bonds. The molecule has 0 heterocycles. The lowest BCUT2D eigenvalue weighted by Crippen LogP contribution is -2.30. The van der Waals surface area contributed by atoms with Crippen molar-refractivity contribution in [2.45, 2.75) is 258 Å². The molecule has 0 radical (unpaired) electrons. The van der Waals surface area contributed by atoms with E-state index in [9.17, 15) is 14.4 Å². The molecule has 0 aromatic rings. The van der Waals surface area contributed by atoms with Crippen molar-refractivity contribution in [1.29, 1.82) is 0 Å². The van der Waals surface area contributed by atoms with Gasteiger partial charge in [0.25, 0.3) is 0 Å². The van der Waals surface area contributed by atoms with Gasteiger partial charge in [0.15, 0.2) is 6.10 Å². The van der Waals surface area contributed by atoms with E-state index in [4.69, 9.17) is 14.2 Å². The second-order valence-electron chi connectivity index (χ2n) is 19.2. The largest absolute Gasteiger partial charge is 0.462 e. The van der Waals surface area contributed by atoms with Crippen molar-refractivity contribution in [1.82, 2.24) is 0 Å². The standard InChI is InChI=1S/C67H108O6/c1-4-7-10-13-16-18-20-22-24-25-26-27-28-29-30-31-32-33-34-35-36-37-38-39-40-41-42-43-44-46-47-49-51-54-57-60-66(69)72-63-64(62-71-65(68)59-56-53-15-12-9-6-3)73-67(70)61-58-55-52-50-48-45-23-21-19-17-14-11-8-5-2/h7,10,14,16-18,21-24,26-27,29-30,32-33,35-36,38-39,41-42,64H,4-6,8-9,11-13,15,19-20,25,28,31,34,37,40,43-63H2,1-3H3/b10-7-,17-14-,18-16-,23-21-,24-22-,27-26-,30-29-,33-32-,36-35-,39-38-,42-41-. The summed E-state index contributed by atoms with van der Waals surface area (Å²) in [6.07, 6.45) is 84.8. The van der Waals surface area contributed by atoms with E-state index in [0.717, 1.165) is 148 Å². The third-order valence-electron chi connectivity index (χ3n) is 12.1. The van der Waals surface area contributed by atoms with Gasteiger partial charge in [-0.1, -0.05) is 251 Å². The predicted octanol–water partition coefficient (Wildman–Crippen LogP) is 20.2. The number of esters is 3. The highest BCUT2D eigenvalue weighted by Gasteiger charge is 2.19. The fourth-order valence-electron chi connectivity index (χ4n) is 7.69. The summed E-state index contributed by atoms with van der Waals surface area (Å²) in [4.78, 5) is 37.8. The fourth-order valence-corrected chi connectivity index (χ4v) is 7.69. The maximum Gasteiger partial charge on any atom is 0.306 e. The molecule has 73 heavy (non-hydrogen) atoms. The lowest BCUT2D eigenvalue weighted by atomic mass is 10.1. The summed E-state index contributed by atoms with van der Waals surface area (Å²) < 4.78 is 16.7. The van der Waals surface area contributed by atoms with Crippen LogP contribution in [0.1, 0.15) is 252 Å². The van der Waals surface area contributed by atoms with Crippen LogP contribution in [0.3, 0.4) is 0 Å². The molecule has 1 unspecified atom stereocenters. The van der Waals surface area contributed by atoms with Crippen LogP contribution in [0.15, 0.2) is 134 Å². The Morgan fingerprint density at radius 1 is 0.288 bits per heavy atom. The molecule has 6 nitrogen and oxygen atoms in total. The van der Waals surface area contributed by atoms with Crippen LogP contribution in [-0.2, 0) is 28.6 Å². The maximum atomic E-state index is 12.8. The van der Waals surface area contributed by atoms with Crippen LogP contribution in [0.5, 0.6) is 0 Å². The zero-order chi connectivity index (χ0) is 52.9. The molecule has 0 fully saturated rings. The first-order valence-corrected chi connectivity index (χ1v) is 29.7. The molecule has 0 aromatic carbocycles. The van der Waals surface area contributed by atoms with Gasteiger partial charge in [0.05, 0.1) is 0 Å². The monoisotopic (exact) mass is 1010 g/mol. The first-order valence-electron chi connectivity index (χ1n) is 29.7. The Morgan fingerprint density at radius 3 is 0.877 bits per heavy atom. The van der Waals surface area contributed by atoms with E-state index in [1.54, 1.807) is 0 Å². The molecule has 0 saturated heterocycles. The van der Waals surface area contributed by atoms with Crippen molar-refractivity contribution in [2.24, 2.45) is 0 Å². The molecule has 0 aliphatic carbocycles. The number of carbonyl (C=O) groups excluding carboxylic acids is 3. The normalized spacial score (nSPS) is 13.1. The van der Waals surface area contributed by atoms with Gasteiger partial charge in [-0.05, 0) is 116 Å². The molecule has 0 aliphatic rings. The van der Waals surface area contributed by atoms with Gasteiger partial charge in [0, 0.05) is 19.3 Å². The minimum absolute atomic E-state index is 0.0896. The average Bonchev–Trinajstić information content (AvgIpc) is 3.39. The molecule has 0 rings (SSSR count). The van der Waals surface area contributed by atoms with Crippen molar-refractivity contribution < 1.29 is 28.6 Å². The van der Waals surface area contributed by atoms with Crippen LogP contribution in [0.2, 0.25) is 0 Å². The summed E-state index contributed by atoms with van der Waals surface area (Å²) in [7, 11) is 0. The van der Waals surface area contributed by atoms with E-state index in [1.165, 1.54) is 64.2 Å². The zero-order valence-electron chi connectivity index (χ0n) is 47.1. The van der Waals surface area contributed by atoms with E-state index >= 15 is 0 Å². The quantitative estimate of drug-likeness (QED) is 0.0261. The van der Waals surface area contributed by atoms with Crippen molar-refractivity contribution in [2.75, 3.05) is 13.2 Å². The molecular formula is C67H108O6. The molecule has 0 aromatic heterocycles. The second-order valence-corrected chi connectivity index (χ2v) is 19.2. The molecular weight excluding hydrogens is 901 g/mol. The number of carbonyl (C=O) groups is 3. The highest BCUT2D eigenvalue weighted by Crippen LogP contribution is 2.14. The molecule has 0 spiro atoms. The lowest BCUT2D eigenvalue weighted by molar-refractivity contribution is -0.167. The Hall–Kier alpha value is -4.45. The Labute approximate surface area is 449 Å². The predicted molar refractivity (Wildman–Crippen MR) is 316 cm³/mol.